The van der Waals surface area contributed by atoms with Gasteiger partial charge >= 0.3 is 0 Å². The summed E-state index contributed by atoms with van der Waals surface area (Å²) in [5.41, 5.74) is 1.51. The second kappa shape index (κ2) is 6.91. The zero-order valence-corrected chi connectivity index (χ0v) is 13.0. The summed E-state index contributed by atoms with van der Waals surface area (Å²) in [7, 11) is 0. The van der Waals surface area contributed by atoms with Crippen LogP contribution in [-0.4, -0.2) is 30.1 Å². The van der Waals surface area contributed by atoms with Crippen LogP contribution in [0.15, 0.2) is 28.7 Å². The molecule has 1 aromatic heterocycles. The second-order valence-corrected chi connectivity index (χ2v) is 5.57. The molecule has 2 heterocycles. The largest absolute Gasteiger partial charge is 0.441 e. The second-order valence-electron chi connectivity index (χ2n) is 5.57. The van der Waals surface area contributed by atoms with Crippen molar-refractivity contribution in [1.82, 2.24) is 10.3 Å². The summed E-state index contributed by atoms with van der Waals surface area (Å²) in [5, 5.41) is 2.86. The van der Waals surface area contributed by atoms with Crippen LogP contribution in [0.4, 0.5) is 4.39 Å². The number of hydrogen-bond donors (Lipinski definition) is 1. The zero-order valence-electron chi connectivity index (χ0n) is 13.0. The summed E-state index contributed by atoms with van der Waals surface area (Å²) in [6.07, 6.45) is 1.98. The van der Waals surface area contributed by atoms with Crippen molar-refractivity contribution in [2.24, 2.45) is 0 Å². The van der Waals surface area contributed by atoms with Crippen LogP contribution >= 0.6 is 0 Å². The Balaban J connectivity index is 1.58. The Bertz CT molecular complexity index is 676. The molecule has 5 nitrogen and oxygen atoms in total. The van der Waals surface area contributed by atoms with E-state index in [1.54, 1.807) is 12.1 Å². The van der Waals surface area contributed by atoms with Crippen molar-refractivity contribution >= 4 is 5.91 Å². The molecular formula is C17H19FN2O3. The smallest absolute Gasteiger partial charge is 0.249 e. The Labute approximate surface area is 133 Å². The van der Waals surface area contributed by atoms with E-state index in [1.165, 1.54) is 12.1 Å². The molecule has 1 amide bonds. The standard InChI is InChI=1S/C17H19FN2O3/c1-11-14(8-9-19-16(21)15-3-2-10-22-15)20-17(23-11)12-4-6-13(18)7-5-12/h4-7,15H,2-3,8-10H2,1H3,(H,19,21). The van der Waals surface area contributed by atoms with Gasteiger partial charge in [0.15, 0.2) is 0 Å². The Kier molecular flexibility index (Phi) is 4.71. The first-order chi connectivity index (χ1) is 11.1. The summed E-state index contributed by atoms with van der Waals surface area (Å²) >= 11 is 0. The molecular weight excluding hydrogens is 299 g/mol. The lowest BCUT2D eigenvalue weighted by Gasteiger charge is -2.09. The van der Waals surface area contributed by atoms with E-state index in [0.717, 1.165) is 24.1 Å². The molecule has 2 aromatic rings. The molecule has 122 valence electrons. The first-order valence-corrected chi connectivity index (χ1v) is 7.75. The number of aromatic nitrogens is 1. The molecule has 1 fully saturated rings. The van der Waals surface area contributed by atoms with Gasteiger partial charge in [0, 0.05) is 25.1 Å². The number of amides is 1. The Morgan fingerprint density at radius 2 is 2.17 bits per heavy atom. The van der Waals surface area contributed by atoms with Crippen LogP contribution in [-0.2, 0) is 16.0 Å². The molecule has 3 rings (SSSR count). The number of carbonyl (C=O) groups is 1. The van der Waals surface area contributed by atoms with Gasteiger partial charge in [-0.2, -0.15) is 0 Å². The fourth-order valence-corrected chi connectivity index (χ4v) is 2.58. The van der Waals surface area contributed by atoms with Crippen molar-refractivity contribution in [3.05, 3.63) is 41.5 Å². The normalized spacial score (nSPS) is 17.4. The zero-order chi connectivity index (χ0) is 16.2. The quantitative estimate of drug-likeness (QED) is 0.920. The molecule has 0 radical (unpaired) electrons. The number of hydrogen-bond acceptors (Lipinski definition) is 4. The van der Waals surface area contributed by atoms with Gasteiger partial charge in [-0.3, -0.25) is 4.79 Å². The number of halogens is 1. The van der Waals surface area contributed by atoms with Crippen molar-refractivity contribution in [1.29, 1.82) is 0 Å². The van der Waals surface area contributed by atoms with E-state index in [-0.39, 0.29) is 17.8 Å². The molecule has 23 heavy (non-hydrogen) atoms. The van der Waals surface area contributed by atoms with Gasteiger partial charge in [0.05, 0.1) is 5.69 Å². The Hall–Kier alpha value is -2.21. The predicted molar refractivity (Wildman–Crippen MR) is 82.3 cm³/mol. The fraction of sp³-hybridized carbons (Fsp3) is 0.412. The highest BCUT2D eigenvalue weighted by atomic mass is 19.1. The van der Waals surface area contributed by atoms with Crippen molar-refractivity contribution in [2.45, 2.75) is 32.3 Å². The van der Waals surface area contributed by atoms with Crippen molar-refractivity contribution in [2.75, 3.05) is 13.2 Å². The van der Waals surface area contributed by atoms with E-state index >= 15 is 0 Å². The highest BCUT2D eigenvalue weighted by Crippen LogP contribution is 2.22. The third-order valence-corrected chi connectivity index (χ3v) is 3.87. The molecule has 0 bridgehead atoms. The van der Waals surface area contributed by atoms with Crippen molar-refractivity contribution in [3.63, 3.8) is 0 Å². The minimum atomic E-state index is -0.316. The van der Waals surface area contributed by atoms with Crippen LogP contribution in [0.3, 0.4) is 0 Å². The maximum Gasteiger partial charge on any atom is 0.249 e. The van der Waals surface area contributed by atoms with Gasteiger partial charge in [0.25, 0.3) is 0 Å². The van der Waals surface area contributed by atoms with E-state index in [2.05, 4.69) is 10.3 Å². The maximum absolute atomic E-state index is 13.0. The van der Waals surface area contributed by atoms with E-state index in [4.69, 9.17) is 9.15 Å². The van der Waals surface area contributed by atoms with E-state index < -0.39 is 0 Å². The van der Waals surface area contributed by atoms with Gasteiger partial charge < -0.3 is 14.5 Å². The number of benzene rings is 1. The first-order valence-electron chi connectivity index (χ1n) is 7.75. The summed E-state index contributed by atoms with van der Waals surface area (Å²) in [6.45, 7) is 2.97. The molecule has 0 saturated carbocycles. The van der Waals surface area contributed by atoms with Crippen LogP contribution in [0, 0.1) is 12.7 Å². The minimum absolute atomic E-state index is 0.0672. The van der Waals surface area contributed by atoms with E-state index in [9.17, 15) is 9.18 Å². The molecule has 6 heteroatoms. The molecule has 1 unspecified atom stereocenters. The highest BCUT2D eigenvalue weighted by molar-refractivity contribution is 5.80. The van der Waals surface area contributed by atoms with Crippen molar-refractivity contribution in [3.8, 4) is 11.5 Å². The molecule has 1 saturated heterocycles. The summed E-state index contributed by atoms with van der Waals surface area (Å²) in [5.74, 6) is 0.801. The number of ether oxygens (including phenoxy) is 1. The number of aryl methyl sites for hydroxylation is 1. The molecule has 1 N–H and O–H groups in total. The first kappa shape index (κ1) is 15.7. The average molecular weight is 318 g/mol. The van der Waals surface area contributed by atoms with Gasteiger partial charge in [-0.1, -0.05) is 0 Å². The Morgan fingerprint density at radius 1 is 1.39 bits per heavy atom. The van der Waals surface area contributed by atoms with E-state index in [1.807, 2.05) is 6.92 Å². The molecule has 1 aliphatic rings. The third kappa shape index (κ3) is 3.76. The number of nitrogens with zero attached hydrogens (tertiary/aromatic N) is 1. The lowest BCUT2D eigenvalue weighted by atomic mass is 10.2. The van der Waals surface area contributed by atoms with Gasteiger partial charge in [-0.25, -0.2) is 9.37 Å². The molecule has 1 aliphatic heterocycles. The fourth-order valence-electron chi connectivity index (χ4n) is 2.58. The Morgan fingerprint density at radius 3 is 2.87 bits per heavy atom. The summed E-state index contributed by atoms with van der Waals surface area (Å²) in [6, 6.07) is 6.00. The molecule has 1 atom stereocenters. The lowest BCUT2D eigenvalue weighted by Crippen LogP contribution is -2.35. The molecule has 0 spiro atoms. The summed E-state index contributed by atoms with van der Waals surface area (Å²) in [4.78, 5) is 16.3. The number of carbonyl (C=O) groups excluding carboxylic acids is 1. The monoisotopic (exact) mass is 318 g/mol. The van der Waals surface area contributed by atoms with Crippen LogP contribution in [0.2, 0.25) is 0 Å². The van der Waals surface area contributed by atoms with Crippen LogP contribution in [0.5, 0.6) is 0 Å². The van der Waals surface area contributed by atoms with Crippen LogP contribution in [0.1, 0.15) is 24.3 Å². The molecule has 0 aliphatic carbocycles. The van der Waals surface area contributed by atoms with Gasteiger partial charge in [0.2, 0.25) is 11.8 Å². The maximum atomic E-state index is 13.0. The van der Waals surface area contributed by atoms with Crippen LogP contribution in [0.25, 0.3) is 11.5 Å². The highest BCUT2D eigenvalue weighted by Gasteiger charge is 2.23. The average Bonchev–Trinajstić information content (AvgIpc) is 3.18. The number of rotatable bonds is 5. The van der Waals surface area contributed by atoms with E-state index in [0.29, 0.717) is 31.2 Å². The van der Waals surface area contributed by atoms with Crippen LogP contribution < -0.4 is 5.32 Å². The molecule has 1 aromatic carbocycles. The van der Waals surface area contributed by atoms with Gasteiger partial charge in [0.1, 0.15) is 17.7 Å². The minimum Gasteiger partial charge on any atom is -0.441 e. The predicted octanol–water partition coefficient (Wildman–Crippen LogP) is 2.63. The van der Waals surface area contributed by atoms with Gasteiger partial charge in [-0.05, 0) is 44.0 Å². The number of nitrogens with one attached hydrogen (secondary N) is 1. The van der Waals surface area contributed by atoms with Gasteiger partial charge in [-0.15, -0.1) is 0 Å². The summed E-state index contributed by atoms with van der Waals surface area (Å²) < 4.78 is 23.9. The topological polar surface area (TPSA) is 64.4 Å². The van der Waals surface area contributed by atoms with Crippen molar-refractivity contribution < 1.29 is 18.3 Å². The third-order valence-electron chi connectivity index (χ3n) is 3.87. The number of oxazole rings is 1. The SMILES string of the molecule is Cc1oc(-c2ccc(F)cc2)nc1CCNC(=O)C1CCCO1. The lowest BCUT2D eigenvalue weighted by molar-refractivity contribution is -0.129.